The third-order valence-electron chi connectivity index (χ3n) is 5.58. The Bertz CT molecular complexity index is 846. The molecule has 1 amide bonds. The summed E-state index contributed by atoms with van der Waals surface area (Å²) < 4.78 is 11.6. The van der Waals surface area contributed by atoms with Crippen LogP contribution in [-0.4, -0.2) is 24.2 Å². The summed E-state index contributed by atoms with van der Waals surface area (Å²) >= 11 is 6.10. The van der Waals surface area contributed by atoms with Gasteiger partial charge in [-0.25, -0.2) is 0 Å². The van der Waals surface area contributed by atoms with E-state index in [-0.39, 0.29) is 23.0 Å². The topological polar surface area (TPSA) is 47.6 Å². The molecule has 0 aromatic heterocycles. The zero-order valence-corrected chi connectivity index (χ0v) is 19.1. The van der Waals surface area contributed by atoms with Crippen molar-refractivity contribution in [3.8, 4) is 5.75 Å². The van der Waals surface area contributed by atoms with Gasteiger partial charge in [-0.05, 0) is 75.9 Å². The minimum absolute atomic E-state index is 0.0464. The number of amides is 1. The van der Waals surface area contributed by atoms with Gasteiger partial charge < -0.3 is 14.8 Å². The first kappa shape index (κ1) is 22.6. The highest BCUT2D eigenvalue weighted by Crippen LogP contribution is 2.44. The SMILES string of the molecule is CC(C)Oc1ccc(CNC(=O)C[C@]2(c3ccc(Cl)cc3)CCOC(C)(C)C2)cc1. The maximum Gasteiger partial charge on any atom is 0.221 e. The third kappa shape index (κ3) is 5.99. The molecule has 30 heavy (non-hydrogen) atoms. The second-order valence-corrected chi connectivity index (χ2v) is 9.52. The fraction of sp³-hybridized carbons (Fsp3) is 0.480. The van der Waals surface area contributed by atoms with E-state index < -0.39 is 0 Å². The number of hydrogen-bond donors (Lipinski definition) is 1. The quantitative estimate of drug-likeness (QED) is 0.617. The van der Waals surface area contributed by atoms with Crippen molar-refractivity contribution in [2.24, 2.45) is 0 Å². The summed E-state index contributed by atoms with van der Waals surface area (Å²) in [5, 5.41) is 3.80. The molecule has 1 heterocycles. The van der Waals surface area contributed by atoms with Gasteiger partial charge in [-0.15, -0.1) is 0 Å². The Morgan fingerprint density at radius 1 is 1.13 bits per heavy atom. The normalized spacial score (nSPS) is 20.7. The molecule has 0 aliphatic carbocycles. The summed E-state index contributed by atoms with van der Waals surface area (Å²) in [6.07, 6.45) is 2.17. The molecule has 1 saturated heterocycles. The average molecular weight is 430 g/mol. The Labute approximate surface area is 184 Å². The van der Waals surface area contributed by atoms with Crippen LogP contribution in [0.4, 0.5) is 0 Å². The van der Waals surface area contributed by atoms with Crippen molar-refractivity contribution in [2.45, 2.75) is 70.6 Å². The van der Waals surface area contributed by atoms with Crippen molar-refractivity contribution in [2.75, 3.05) is 6.61 Å². The van der Waals surface area contributed by atoms with Crippen molar-refractivity contribution in [1.82, 2.24) is 5.32 Å². The van der Waals surface area contributed by atoms with Crippen LogP contribution in [0.15, 0.2) is 48.5 Å². The molecule has 1 aliphatic rings. The van der Waals surface area contributed by atoms with E-state index in [9.17, 15) is 4.79 Å². The Morgan fingerprint density at radius 3 is 2.40 bits per heavy atom. The van der Waals surface area contributed by atoms with E-state index in [2.05, 4.69) is 19.2 Å². The van der Waals surface area contributed by atoms with E-state index in [0.717, 1.165) is 29.7 Å². The fourth-order valence-electron chi connectivity index (χ4n) is 4.31. The number of hydrogen-bond acceptors (Lipinski definition) is 3. The summed E-state index contributed by atoms with van der Waals surface area (Å²) in [6, 6.07) is 15.8. The molecule has 162 valence electrons. The van der Waals surface area contributed by atoms with Gasteiger partial charge in [0.1, 0.15) is 5.75 Å². The molecule has 0 spiro atoms. The second-order valence-electron chi connectivity index (χ2n) is 9.09. The molecule has 1 aliphatic heterocycles. The first-order valence-electron chi connectivity index (χ1n) is 10.6. The van der Waals surface area contributed by atoms with Gasteiger partial charge >= 0.3 is 0 Å². The molecule has 3 rings (SSSR count). The van der Waals surface area contributed by atoms with Gasteiger partial charge in [0.25, 0.3) is 0 Å². The Hall–Kier alpha value is -2.04. The lowest BCUT2D eigenvalue weighted by molar-refractivity contribution is -0.126. The van der Waals surface area contributed by atoms with Crippen LogP contribution in [0.1, 0.15) is 58.1 Å². The van der Waals surface area contributed by atoms with E-state index in [1.165, 1.54) is 0 Å². The summed E-state index contributed by atoms with van der Waals surface area (Å²) in [6.45, 7) is 9.33. The van der Waals surface area contributed by atoms with Crippen LogP contribution < -0.4 is 10.1 Å². The van der Waals surface area contributed by atoms with Crippen molar-refractivity contribution >= 4 is 17.5 Å². The number of nitrogens with one attached hydrogen (secondary N) is 1. The van der Waals surface area contributed by atoms with E-state index in [1.807, 2.05) is 62.4 Å². The second kappa shape index (κ2) is 9.40. The minimum Gasteiger partial charge on any atom is -0.491 e. The number of ether oxygens (including phenoxy) is 2. The van der Waals surface area contributed by atoms with E-state index >= 15 is 0 Å². The molecule has 2 aromatic rings. The number of carbonyl (C=O) groups excluding carboxylic acids is 1. The molecule has 1 atom stereocenters. The third-order valence-corrected chi connectivity index (χ3v) is 5.83. The smallest absolute Gasteiger partial charge is 0.221 e. The number of benzene rings is 2. The predicted octanol–water partition coefficient (Wildman–Crippen LogP) is 5.66. The maximum atomic E-state index is 13.0. The van der Waals surface area contributed by atoms with E-state index in [1.54, 1.807) is 0 Å². The standard InChI is InChI=1S/C25H32ClNO3/c1-18(2)30-22-11-5-19(6-12-22)16-27-23(28)15-25(13-14-29-24(3,4)17-25)20-7-9-21(26)10-8-20/h5-12,18H,13-17H2,1-4H3,(H,27,28)/t25-/m1/s1. The zero-order valence-electron chi connectivity index (χ0n) is 18.3. The molecule has 0 saturated carbocycles. The average Bonchev–Trinajstić information content (AvgIpc) is 2.66. The zero-order chi connectivity index (χ0) is 21.8. The van der Waals surface area contributed by atoms with E-state index in [0.29, 0.717) is 24.6 Å². The van der Waals surface area contributed by atoms with Crippen LogP contribution in [0, 0.1) is 0 Å². The number of rotatable bonds is 7. The Balaban J connectivity index is 1.68. The van der Waals surface area contributed by atoms with Gasteiger partial charge in [-0.1, -0.05) is 35.9 Å². The summed E-state index contributed by atoms with van der Waals surface area (Å²) in [7, 11) is 0. The minimum atomic E-state index is -0.273. The van der Waals surface area contributed by atoms with Crippen LogP contribution in [0.5, 0.6) is 5.75 Å². The highest BCUT2D eigenvalue weighted by Gasteiger charge is 2.43. The van der Waals surface area contributed by atoms with Crippen molar-refractivity contribution < 1.29 is 14.3 Å². The van der Waals surface area contributed by atoms with Gasteiger partial charge in [0.05, 0.1) is 11.7 Å². The molecule has 1 N–H and O–H groups in total. The van der Waals surface area contributed by atoms with Crippen LogP contribution in [0.2, 0.25) is 5.02 Å². The summed E-state index contributed by atoms with van der Waals surface area (Å²) in [5.41, 5.74) is 1.66. The molecule has 0 radical (unpaired) electrons. The largest absolute Gasteiger partial charge is 0.491 e. The van der Waals surface area contributed by atoms with Crippen LogP contribution in [-0.2, 0) is 21.5 Å². The Kier molecular flexibility index (Phi) is 7.10. The predicted molar refractivity (Wildman–Crippen MR) is 121 cm³/mol. The lowest BCUT2D eigenvalue weighted by Crippen LogP contribution is -2.46. The fourth-order valence-corrected chi connectivity index (χ4v) is 4.43. The lowest BCUT2D eigenvalue weighted by Gasteiger charge is -2.45. The molecule has 0 bridgehead atoms. The van der Waals surface area contributed by atoms with Crippen LogP contribution in [0.3, 0.4) is 0 Å². The number of halogens is 1. The molecule has 4 nitrogen and oxygen atoms in total. The highest BCUT2D eigenvalue weighted by atomic mass is 35.5. The lowest BCUT2D eigenvalue weighted by atomic mass is 9.67. The molecule has 5 heteroatoms. The van der Waals surface area contributed by atoms with Gasteiger partial charge in [0.15, 0.2) is 0 Å². The van der Waals surface area contributed by atoms with Gasteiger partial charge in [-0.3, -0.25) is 4.79 Å². The molecule has 2 aromatic carbocycles. The van der Waals surface area contributed by atoms with Crippen molar-refractivity contribution in [3.63, 3.8) is 0 Å². The molecule has 1 fully saturated rings. The van der Waals surface area contributed by atoms with E-state index in [4.69, 9.17) is 21.1 Å². The first-order chi connectivity index (χ1) is 14.2. The molecule has 0 unspecified atom stereocenters. The monoisotopic (exact) mass is 429 g/mol. The molecular weight excluding hydrogens is 398 g/mol. The van der Waals surface area contributed by atoms with Crippen LogP contribution in [0.25, 0.3) is 0 Å². The summed E-state index contributed by atoms with van der Waals surface area (Å²) in [5.74, 6) is 0.886. The Morgan fingerprint density at radius 2 is 1.80 bits per heavy atom. The van der Waals surface area contributed by atoms with Crippen molar-refractivity contribution in [3.05, 3.63) is 64.7 Å². The number of carbonyl (C=O) groups is 1. The van der Waals surface area contributed by atoms with Gasteiger partial charge in [0.2, 0.25) is 5.91 Å². The highest BCUT2D eigenvalue weighted by molar-refractivity contribution is 6.30. The maximum absolute atomic E-state index is 13.0. The van der Waals surface area contributed by atoms with Crippen LogP contribution >= 0.6 is 11.6 Å². The van der Waals surface area contributed by atoms with Gasteiger partial charge in [0, 0.05) is 30.0 Å². The molecular formula is C25H32ClNO3. The van der Waals surface area contributed by atoms with Gasteiger partial charge in [-0.2, -0.15) is 0 Å². The van der Waals surface area contributed by atoms with Crippen molar-refractivity contribution in [1.29, 1.82) is 0 Å². The summed E-state index contributed by atoms with van der Waals surface area (Å²) in [4.78, 5) is 13.0. The first-order valence-corrected chi connectivity index (χ1v) is 11.0.